The second-order valence-corrected chi connectivity index (χ2v) is 4.72. The maximum absolute atomic E-state index is 6.05. The maximum Gasteiger partial charge on any atom is 0.198 e. The largest absolute Gasteiger partial charge is 0.338 e. The number of rotatable bonds is 2. The van der Waals surface area contributed by atoms with Gasteiger partial charge in [0.1, 0.15) is 12.2 Å². The van der Waals surface area contributed by atoms with E-state index in [0.29, 0.717) is 12.2 Å². The number of hydrogen-bond donors (Lipinski definition) is 0. The molecule has 0 aromatic rings. The lowest BCUT2D eigenvalue weighted by Crippen LogP contribution is -2.27. The van der Waals surface area contributed by atoms with E-state index in [1.165, 1.54) is 25.7 Å². The van der Waals surface area contributed by atoms with Crippen LogP contribution in [0.3, 0.4) is 0 Å². The van der Waals surface area contributed by atoms with E-state index in [2.05, 4.69) is 0 Å². The molecule has 0 bridgehead atoms. The molecule has 0 spiro atoms. The topological polar surface area (TPSA) is 34.3 Å². The number of epoxide rings is 2. The average Bonchev–Trinajstić information content (AvgIpc) is 2.88. The van der Waals surface area contributed by atoms with Gasteiger partial charge in [-0.25, -0.2) is 0 Å². The highest BCUT2D eigenvalue weighted by Crippen LogP contribution is 2.60. The molecular weight excluding hydrogens is 168 g/mol. The van der Waals surface area contributed by atoms with Crippen molar-refractivity contribution in [3.63, 3.8) is 0 Å². The van der Waals surface area contributed by atoms with Gasteiger partial charge in [-0.05, 0) is 25.7 Å². The monoisotopic (exact) mass is 182 g/mol. The second kappa shape index (κ2) is 1.95. The molecule has 2 saturated carbocycles. The van der Waals surface area contributed by atoms with Gasteiger partial charge in [-0.2, -0.15) is 0 Å². The summed E-state index contributed by atoms with van der Waals surface area (Å²) in [7, 11) is 0. The summed E-state index contributed by atoms with van der Waals surface area (Å²) in [5.74, 6) is -0.391. The molecule has 2 heterocycles. The van der Waals surface area contributed by atoms with Crippen molar-refractivity contribution < 1.29 is 14.2 Å². The van der Waals surface area contributed by atoms with Gasteiger partial charge in [0.2, 0.25) is 0 Å². The first-order chi connectivity index (χ1) is 6.33. The zero-order valence-electron chi connectivity index (χ0n) is 7.62. The Morgan fingerprint density at radius 1 is 0.923 bits per heavy atom. The van der Waals surface area contributed by atoms with Crippen LogP contribution >= 0.6 is 0 Å². The van der Waals surface area contributed by atoms with E-state index in [4.69, 9.17) is 14.2 Å². The molecule has 2 saturated heterocycles. The Morgan fingerprint density at radius 3 is 1.77 bits per heavy atom. The maximum atomic E-state index is 6.05. The lowest BCUT2D eigenvalue weighted by atomic mass is 10.2. The third-order valence-corrected chi connectivity index (χ3v) is 3.88. The van der Waals surface area contributed by atoms with Crippen LogP contribution in [0.5, 0.6) is 0 Å². The van der Waals surface area contributed by atoms with E-state index in [0.717, 1.165) is 12.8 Å². The van der Waals surface area contributed by atoms with Crippen molar-refractivity contribution in [2.75, 3.05) is 0 Å². The van der Waals surface area contributed by atoms with Gasteiger partial charge >= 0.3 is 0 Å². The van der Waals surface area contributed by atoms with Gasteiger partial charge in [-0.3, -0.25) is 0 Å². The molecule has 0 radical (unpaired) electrons. The van der Waals surface area contributed by atoms with Gasteiger partial charge in [0.25, 0.3) is 0 Å². The van der Waals surface area contributed by atoms with Crippen molar-refractivity contribution in [1.82, 2.24) is 0 Å². The summed E-state index contributed by atoms with van der Waals surface area (Å²) >= 11 is 0. The average molecular weight is 182 g/mol. The third-order valence-electron chi connectivity index (χ3n) is 3.88. The Hall–Kier alpha value is -0.120. The normalized spacial score (nSPS) is 61.8. The van der Waals surface area contributed by atoms with Crippen LogP contribution in [0.15, 0.2) is 0 Å². The van der Waals surface area contributed by atoms with Gasteiger partial charge in [0, 0.05) is 12.8 Å². The quantitative estimate of drug-likeness (QED) is 0.608. The van der Waals surface area contributed by atoms with Gasteiger partial charge < -0.3 is 14.2 Å². The van der Waals surface area contributed by atoms with Crippen LogP contribution in [0.2, 0.25) is 0 Å². The molecule has 4 rings (SSSR count). The molecule has 4 fully saturated rings. The van der Waals surface area contributed by atoms with Crippen LogP contribution < -0.4 is 0 Å². The second-order valence-electron chi connectivity index (χ2n) is 4.72. The summed E-state index contributed by atoms with van der Waals surface area (Å²) in [5, 5.41) is 0. The highest BCUT2D eigenvalue weighted by Gasteiger charge is 2.71. The molecule has 3 heteroatoms. The van der Waals surface area contributed by atoms with Crippen molar-refractivity contribution in [3.05, 3.63) is 0 Å². The van der Waals surface area contributed by atoms with Crippen molar-refractivity contribution >= 4 is 0 Å². The van der Waals surface area contributed by atoms with Gasteiger partial charge in [0.05, 0.1) is 0 Å². The Morgan fingerprint density at radius 2 is 1.46 bits per heavy atom. The van der Waals surface area contributed by atoms with Crippen molar-refractivity contribution in [2.24, 2.45) is 0 Å². The zero-order valence-corrected chi connectivity index (χ0v) is 7.62. The summed E-state index contributed by atoms with van der Waals surface area (Å²) in [4.78, 5) is 0. The SMILES string of the molecule is C1C[C@@H]2O[C@@]2(O[C@]23CCC[C@@H]2O3)C1. The summed E-state index contributed by atoms with van der Waals surface area (Å²) in [6.45, 7) is 0. The molecule has 0 aromatic carbocycles. The van der Waals surface area contributed by atoms with Crippen LogP contribution in [0.4, 0.5) is 0 Å². The van der Waals surface area contributed by atoms with Crippen LogP contribution in [0.25, 0.3) is 0 Å². The molecule has 2 aliphatic carbocycles. The lowest BCUT2D eigenvalue weighted by Gasteiger charge is -2.15. The van der Waals surface area contributed by atoms with E-state index in [1.54, 1.807) is 0 Å². The summed E-state index contributed by atoms with van der Waals surface area (Å²) in [6, 6.07) is 0. The fraction of sp³-hybridized carbons (Fsp3) is 1.00. The number of hydrogen-bond acceptors (Lipinski definition) is 3. The van der Waals surface area contributed by atoms with Crippen LogP contribution in [-0.2, 0) is 14.2 Å². The molecule has 0 N–H and O–H groups in total. The molecule has 0 unspecified atom stereocenters. The van der Waals surface area contributed by atoms with E-state index < -0.39 is 0 Å². The minimum atomic E-state index is -0.195. The number of ether oxygens (including phenoxy) is 3. The van der Waals surface area contributed by atoms with Crippen LogP contribution in [0.1, 0.15) is 38.5 Å². The zero-order chi connectivity index (χ0) is 8.52. The third kappa shape index (κ3) is 0.808. The Bertz CT molecular complexity index is 241. The fourth-order valence-electron chi connectivity index (χ4n) is 3.05. The number of fused-ring (bicyclic) bond motifs is 2. The van der Waals surface area contributed by atoms with Crippen LogP contribution in [-0.4, -0.2) is 23.8 Å². The molecule has 4 atom stereocenters. The Balaban J connectivity index is 1.53. The van der Waals surface area contributed by atoms with Crippen molar-refractivity contribution in [2.45, 2.75) is 62.3 Å². The Kier molecular flexibility index (Phi) is 1.08. The fourth-order valence-corrected chi connectivity index (χ4v) is 3.05. The first-order valence-corrected chi connectivity index (χ1v) is 5.39. The van der Waals surface area contributed by atoms with E-state index >= 15 is 0 Å². The molecule has 0 aromatic heterocycles. The molecular formula is C10H14O3. The van der Waals surface area contributed by atoms with Crippen LogP contribution in [0, 0.1) is 0 Å². The highest BCUT2D eigenvalue weighted by molar-refractivity contribution is 5.08. The highest BCUT2D eigenvalue weighted by atomic mass is 16.9. The van der Waals surface area contributed by atoms with Crippen molar-refractivity contribution in [3.8, 4) is 0 Å². The first kappa shape index (κ1) is 7.21. The standard InChI is InChI=1S/C10H14O3/c1-3-7-9(5-1,11-7)13-10-6-2-4-8(10)12-10/h7-8H,1-6H2/t7-,8-,9+,10+/m0/s1. The molecule has 4 aliphatic rings. The van der Waals surface area contributed by atoms with Crippen molar-refractivity contribution in [1.29, 1.82) is 0 Å². The van der Waals surface area contributed by atoms with E-state index in [-0.39, 0.29) is 11.6 Å². The van der Waals surface area contributed by atoms with E-state index in [9.17, 15) is 0 Å². The predicted octanol–water partition coefficient (Wildman–Crippen LogP) is 1.56. The summed E-state index contributed by atoms with van der Waals surface area (Å²) < 4.78 is 17.2. The summed E-state index contributed by atoms with van der Waals surface area (Å²) in [5.41, 5.74) is 0. The lowest BCUT2D eigenvalue weighted by molar-refractivity contribution is -0.151. The first-order valence-electron chi connectivity index (χ1n) is 5.39. The van der Waals surface area contributed by atoms with E-state index in [1.807, 2.05) is 0 Å². The molecule has 13 heavy (non-hydrogen) atoms. The molecule has 0 amide bonds. The minimum Gasteiger partial charge on any atom is -0.338 e. The summed E-state index contributed by atoms with van der Waals surface area (Å²) in [6.07, 6.45) is 7.82. The smallest absolute Gasteiger partial charge is 0.198 e. The molecule has 2 aliphatic heterocycles. The molecule has 3 nitrogen and oxygen atoms in total. The van der Waals surface area contributed by atoms with Gasteiger partial charge in [-0.15, -0.1) is 0 Å². The predicted molar refractivity (Wildman–Crippen MR) is 44.0 cm³/mol. The minimum absolute atomic E-state index is 0.195. The van der Waals surface area contributed by atoms with Gasteiger partial charge in [0.15, 0.2) is 11.6 Å². The molecule has 72 valence electrons. The van der Waals surface area contributed by atoms with Gasteiger partial charge in [-0.1, -0.05) is 0 Å². The Labute approximate surface area is 77.3 Å².